The van der Waals surface area contributed by atoms with Crippen molar-refractivity contribution in [1.82, 2.24) is 0 Å². The molecule has 0 atom stereocenters. The smallest absolute Gasteiger partial charge is 0.228 e. The maximum Gasteiger partial charge on any atom is 1.00 e. The number of rotatable bonds is 0. The molecule has 0 heterocycles. The van der Waals surface area contributed by atoms with Crippen LogP contribution in [0.2, 0.25) is 0 Å². The summed E-state index contributed by atoms with van der Waals surface area (Å²) in [5, 5.41) is 0. The van der Waals surface area contributed by atoms with Crippen LogP contribution in [0.15, 0.2) is 24.3 Å². The van der Waals surface area contributed by atoms with E-state index in [0.717, 1.165) is 6.42 Å². The third-order valence-electron chi connectivity index (χ3n) is 0.767. The van der Waals surface area contributed by atoms with E-state index in [1.807, 2.05) is 6.08 Å². The Labute approximate surface area is 74.9 Å². The molecule has 1 rings (SSSR count). The number of hydrogen-bond acceptors (Lipinski definition) is 0. The van der Waals surface area contributed by atoms with Crippen molar-refractivity contribution in [3.8, 4) is 0 Å². The van der Waals surface area contributed by atoms with E-state index in [4.69, 9.17) is 0 Å². The summed E-state index contributed by atoms with van der Waals surface area (Å²) in [5.74, 6) is 0. The zero-order valence-corrected chi connectivity index (χ0v) is 6.59. The van der Waals surface area contributed by atoms with Gasteiger partial charge in [0.2, 0.25) is 0 Å². The Balaban J connectivity index is 0. The zero-order chi connectivity index (χ0) is 4.24. The largest absolute Gasteiger partial charge is 1.00 e. The maximum absolute atomic E-state index is 2.12. The van der Waals surface area contributed by atoms with E-state index in [1.54, 1.807) is 0 Å². The van der Waals surface area contributed by atoms with E-state index in [2.05, 4.69) is 24.6 Å². The number of allylic oxidation sites excluding steroid dienone is 4. The zero-order valence-electron chi connectivity index (χ0n) is 4.59. The quantitative estimate of drug-likeness (QED) is 0.243. The second-order valence-corrected chi connectivity index (χ2v) is 1.28. The Morgan fingerprint density at radius 3 is 2.12 bits per heavy atom. The van der Waals surface area contributed by atoms with Gasteiger partial charge in [-0.05, 0) is 0 Å². The summed E-state index contributed by atoms with van der Waals surface area (Å²) in [4.78, 5) is 0. The van der Waals surface area contributed by atoms with Crippen molar-refractivity contribution in [2.45, 2.75) is 6.42 Å². The minimum absolute atomic E-state index is 0. The average Bonchev–Trinajstić information content (AvgIpc) is 1.72. The molecule has 2 heteroatoms. The Kier molecular flexibility index (Phi) is 10.4. The van der Waals surface area contributed by atoms with Crippen molar-refractivity contribution < 1.29 is 29.6 Å². The van der Waals surface area contributed by atoms with Gasteiger partial charge in [-0.15, -0.1) is 12.2 Å². The Bertz CT molecular complexity index is 74.5. The van der Waals surface area contributed by atoms with Crippen molar-refractivity contribution in [2.24, 2.45) is 0 Å². The van der Waals surface area contributed by atoms with Crippen molar-refractivity contribution in [2.75, 3.05) is 0 Å². The molecule has 0 aromatic heterocycles. The summed E-state index contributed by atoms with van der Waals surface area (Å²) >= 11 is 0. The fourth-order valence-corrected chi connectivity index (χ4v) is 0.457. The van der Waals surface area contributed by atoms with Crippen molar-refractivity contribution >= 4 is 8.41 Å². The van der Waals surface area contributed by atoms with Crippen LogP contribution in [0.3, 0.4) is 0 Å². The SMILES string of the molecule is B.C1=C[CH-]CC=C1.[Na+]. The summed E-state index contributed by atoms with van der Waals surface area (Å²) in [5.41, 5.74) is 0. The second-order valence-electron chi connectivity index (χ2n) is 1.28. The fourth-order valence-electron chi connectivity index (χ4n) is 0.457. The molecule has 0 radical (unpaired) electrons. The van der Waals surface area contributed by atoms with Crippen LogP contribution >= 0.6 is 0 Å². The minimum Gasteiger partial charge on any atom is -0.228 e. The maximum atomic E-state index is 2.12. The molecular weight excluding hydrogens is 106 g/mol. The van der Waals surface area contributed by atoms with Gasteiger partial charge in [0.15, 0.2) is 0 Å². The standard InChI is InChI=1S/C6H7.BH3.Na/c1-2-4-6-5-3-1;;/h1-5H,6H2;1H3;/q-1;;+1. The summed E-state index contributed by atoms with van der Waals surface area (Å²) in [6.45, 7) is 0. The van der Waals surface area contributed by atoms with E-state index in [9.17, 15) is 0 Å². The third kappa shape index (κ3) is 4.57. The molecule has 1 aliphatic rings. The first kappa shape index (κ1) is 11.2. The van der Waals surface area contributed by atoms with Crippen molar-refractivity contribution in [1.29, 1.82) is 0 Å². The summed E-state index contributed by atoms with van der Waals surface area (Å²) < 4.78 is 0. The molecular formula is C6H10BNa. The molecule has 0 N–H and O–H groups in total. The molecule has 0 saturated carbocycles. The average molecular weight is 116 g/mol. The Morgan fingerprint density at radius 2 is 2.00 bits per heavy atom. The van der Waals surface area contributed by atoms with Gasteiger partial charge in [0.25, 0.3) is 0 Å². The van der Waals surface area contributed by atoms with E-state index >= 15 is 0 Å². The van der Waals surface area contributed by atoms with Gasteiger partial charge in [-0.25, -0.2) is 18.6 Å². The summed E-state index contributed by atoms with van der Waals surface area (Å²) in [6.07, 6.45) is 11.5. The van der Waals surface area contributed by atoms with Gasteiger partial charge in [-0.2, -0.15) is 0 Å². The first-order valence-corrected chi connectivity index (χ1v) is 2.15. The molecule has 0 nitrogen and oxygen atoms in total. The van der Waals surface area contributed by atoms with Crippen LogP contribution in [0.4, 0.5) is 0 Å². The van der Waals surface area contributed by atoms with Gasteiger partial charge < -0.3 is 0 Å². The van der Waals surface area contributed by atoms with Gasteiger partial charge >= 0.3 is 29.6 Å². The molecule has 1 aliphatic carbocycles. The minimum atomic E-state index is 0. The molecule has 0 aromatic carbocycles. The monoisotopic (exact) mass is 116 g/mol. The Morgan fingerprint density at radius 1 is 1.25 bits per heavy atom. The predicted octanol–water partition coefficient (Wildman–Crippen LogP) is -2.47. The van der Waals surface area contributed by atoms with Crippen molar-refractivity contribution in [3.63, 3.8) is 0 Å². The molecule has 0 saturated heterocycles. The number of hydrogen-bond donors (Lipinski definition) is 0. The molecule has 0 spiro atoms. The third-order valence-corrected chi connectivity index (χ3v) is 0.767. The van der Waals surface area contributed by atoms with Gasteiger partial charge in [0.1, 0.15) is 0 Å². The predicted molar refractivity (Wildman–Crippen MR) is 37.1 cm³/mol. The molecule has 0 fully saturated rings. The van der Waals surface area contributed by atoms with E-state index < -0.39 is 0 Å². The van der Waals surface area contributed by atoms with Crippen LogP contribution in [0, 0.1) is 6.42 Å². The van der Waals surface area contributed by atoms with E-state index in [0.29, 0.717) is 0 Å². The topological polar surface area (TPSA) is 0 Å². The van der Waals surface area contributed by atoms with E-state index in [-0.39, 0.29) is 38.0 Å². The van der Waals surface area contributed by atoms with Gasteiger partial charge in [0.05, 0.1) is 8.41 Å². The molecule has 0 unspecified atom stereocenters. The first-order valence-electron chi connectivity index (χ1n) is 2.15. The van der Waals surface area contributed by atoms with Crippen LogP contribution in [0.5, 0.6) is 0 Å². The fraction of sp³-hybridized carbons (Fsp3) is 0.167. The van der Waals surface area contributed by atoms with Gasteiger partial charge in [-0.1, -0.05) is 6.42 Å². The van der Waals surface area contributed by atoms with Crippen LogP contribution in [-0.4, -0.2) is 8.41 Å². The Hall–Kier alpha value is 0.415. The molecule has 0 aliphatic heterocycles. The molecule has 0 bridgehead atoms. The molecule has 0 amide bonds. The molecule has 0 aromatic rings. The molecule has 38 valence electrons. The van der Waals surface area contributed by atoms with Crippen LogP contribution in [0.25, 0.3) is 0 Å². The van der Waals surface area contributed by atoms with Crippen LogP contribution in [0.1, 0.15) is 6.42 Å². The summed E-state index contributed by atoms with van der Waals surface area (Å²) in [7, 11) is 0. The normalized spacial score (nSPS) is 13.0. The van der Waals surface area contributed by atoms with Crippen LogP contribution in [-0.2, 0) is 0 Å². The molecule has 8 heavy (non-hydrogen) atoms. The summed E-state index contributed by atoms with van der Waals surface area (Å²) in [6, 6.07) is 0. The van der Waals surface area contributed by atoms with Gasteiger partial charge in [0, 0.05) is 0 Å². The second kappa shape index (κ2) is 7.41. The van der Waals surface area contributed by atoms with Gasteiger partial charge in [-0.3, -0.25) is 0 Å². The first-order chi connectivity index (χ1) is 3.00. The van der Waals surface area contributed by atoms with Crippen molar-refractivity contribution in [3.05, 3.63) is 30.7 Å². The van der Waals surface area contributed by atoms with Crippen LogP contribution < -0.4 is 29.6 Å². The van der Waals surface area contributed by atoms with E-state index in [1.165, 1.54) is 0 Å².